The van der Waals surface area contributed by atoms with E-state index in [0.717, 1.165) is 11.0 Å². The third kappa shape index (κ3) is 3.11. The molecule has 4 rings (SSSR count). The van der Waals surface area contributed by atoms with Gasteiger partial charge in [-0.25, -0.2) is 9.97 Å². The molecule has 23 heavy (non-hydrogen) atoms. The lowest BCUT2D eigenvalue weighted by Crippen LogP contribution is -1.86. The Labute approximate surface area is 137 Å². The molecule has 4 aromatic rings. The minimum absolute atomic E-state index is 0. The third-order valence-electron chi connectivity index (χ3n) is 3.93. The van der Waals surface area contributed by atoms with Crippen LogP contribution in [-0.2, 0) is 14.1 Å². The molecule has 0 radical (unpaired) electrons. The number of nitrogens with zero attached hydrogens (tertiary/aromatic N) is 4. The summed E-state index contributed by atoms with van der Waals surface area (Å²) in [5.74, 6) is 0. The fraction of sp³-hybridized carbons (Fsp3) is 0.263. The summed E-state index contributed by atoms with van der Waals surface area (Å²) < 4.78 is 4.16. The van der Waals surface area contributed by atoms with E-state index in [0.29, 0.717) is 0 Å². The van der Waals surface area contributed by atoms with E-state index in [1.807, 2.05) is 17.8 Å². The molecule has 0 aliphatic heterocycles. The zero-order chi connectivity index (χ0) is 15.7. The molecular weight excluding hydrogens is 284 g/mol. The van der Waals surface area contributed by atoms with Crippen molar-refractivity contribution in [2.24, 2.45) is 14.1 Å². The number of rotatable bonds is 0. The molecule has 0 unspecified atom stereocenters. The standard InChI is InChI=1S/C10H11N.C8H9N3.CH4/c1-8-7-11(2)10-6-4-3-5-9(8)10;1-6-4-11(2)8-7(6)3-9-5-10-8;/h3-7H,1-2H3;3-5H,1-2H3;1H4. The van der Waals surface area contributed by atoms with Gasteiger partial charge in [-0.15, -0.1) is 0 Å². The van der Waals surface area contributed by atoms with E-state index >= 15 is 0 Å². The molecule has 0 atom stereocenters. The van der Waals surface area contributed by atoms with E-state index in [1.54, 1.807) is 6.33 Å². The maximum absolute atomic E-state index is 4.15. The second-order valence-electron chi connectivity index (χ2n) is 5.62. The molecule has 0 spiro atoms. The summed E-state index contributed by atoms with van der Waals surface area (Å²) in [4.78, 5) is 8.12. The summed E-state index contributed by atoms with van der Waals surface area (Å²) in [6.45, 7) is 4.20. The lowest BCUT2D eigenvalue weighted by atomic mass is 10.2. The van der Waals surface area contributed by atoms with Crippen molar-refractivity contribution in [3.05, 3.63) is 60.3 Å². The highest BCUT2D eigenvalue weighted by Crippen LogP contribution is 2.18. The Kier molecular flexibility index (Phi) is 4.84. The largest absolute Gasteiger partial charge is 0.350 e. The predicted molar refractivity (Wildman–Crippen MR) is 97.6 cm³/mol. The quantitative estimate of drug-likeness (QED) is 0.482. The Morgan fingerprint density at radius 3 is 2.22 bits per heavy atom. The molecule has 0 saturated heterocycles. The first-order valence-electron chi connectivity index (χ1n) is 7.30. The van der Waals surface area contributed by atoms with Crippen molar-refractivity contribution in [3.63, 3.8) is 0 Å². The van der Waals surface area contributed by atoms with E-state index in [2.05, 4.69) is 72.1 Å². The highest BCUT2D eigenvalue weighted by Gasteiger charge is 2.01. The van der Waals surface area contributed by atoms with Gasteiger partial charge >= 0.3 is 0 Å². The van der Waals surface area contributed by atoms with Crippen LogP contribution in [0.15, 0.2) is 49.2 Å². The molecule has 0 aliphatic carbocycles. The van der Waals surface area contributed by atoms with Crippen molar-refractivity contribution in [3.8, 4) is 0 Å². The van der Waals surface area contributed by atoms with Crippen molar-refractivity contribution in [2.75, 3.05) is 0 Å². The van der Waals surface area contributed by atoms with Crippen LogP contribution in [0.3, 0.4) is 0 Å². The Balaban J connectivity index is 0.000000160. The van der Waals surface area contributed by atoms with Crippen LogP contribution >= 0.6 is 0 Å². The summed E-state index contributed by atoms with van der Waals surface area (Å²) in [7, 11) is 4.07. The summed E-state index contributed by atoms with van der Waals surface area (Å²) in [6, 6.07) is 8.45. The number of benzene rings is 1. The topological polar surface area (TPSA) is 35.6 Å². The normalized spacial score (nSPS) is 10.3. The molecule has 120 valence electrons. The molecule has 0 N–H and O–H groups in total. The number of para-hydroxylation sites is 1. The van der Waals surface area contributed by atoms with Crippen LogP contribution in [-0.4, -0.2) is 19.1 Å². The fourth-order valence-electron chi connectivity index (χ4n) is 2.85. The van der Waals surface area contributed by atoms with Gasteiger partial charge in [0, 0.05) is 49.0 Å². The third-order valence-corrected chi connectivity index (χ3v) is 3.93. The van der Waals surface area contributed by atoms with Gasteiger partial charge in [0.1, 0.15) is 12.0 Å². The fourth-order valence-corrected chi connectivity index (χ4v) is 2.85. The zero-order valence-electron chi connectivity index (χ0n) is 13.4. The SMILES string of the molecule is C.Cc1cn(C)c2ccccc12.Cc1cn(C)c2ncncc12. The highest BCUT2D eigenvalue weighted by molar-refractivity contribution is 5.83. The number of aromatic nitrogens is 4. The van der Waals surface area contributed by atoms with E-state index in [1.165, 1.54) is 22.0 Å². The maximum atomic E-state index is 4.15. The van der Waals surface area contributed by atoms with Gasteiger partial charge < -0.3 is 9.13 Å². The number of hydrogen-bond acceptors (Lipinski definition) is 2. The minimum atomic E-state index is 0. The van der Waals surface area contributed by atoms with Gasteiger partial charge in [-0.2, -0.15) is 0 Å². The zero-order valence-corrected chi connectivity index (χ0v) is 13.4. The van der Waals surface area contributed by atoms with Gasteiger partial charge in [0.2, 0.25) is 0 Å². The molecule has 4 heteroatoms. The molecule has 0 aliphatic rings. The van der Waals surface area contributed by atoms with E-state index < -0.39 is 0 Å². The van der Waals surface area contributed by atoms with Gasteiger partial charge in [-0.1, -0.05) is 25.6 Å². The molecule has 3 aromatic heterocycles. The first kappa shape index (κ1) is 16.7. The van der Waals surface area contributed by atoms with Crippen LogP contribution in [0.5, 0.6) is 0 Å². The van der Waals surface area contributed by atoms with Crippen LogP contribution in [0.25, 0.3) is 21.9 Å². The Hall–Kier alpha value is -2.62. The van der Waals surface area contributed by atoms with Gasteiger partial charge in [-0.05, 0) is 31.0 Å². The van der Waals surface area contributed by atoms with E-state index in [-0.39, 0.29) is 7.43 Å². The van der Waals surface area contributed by atoms with E-state index in [9.17, 15) is 0 Å². The molecule has 3 heterocycles. The van der Waals surface area contributed by atoms with Crippen LogP contribution < -0.4 is 0 Å². The second-order valence-corrected chi connectivity index (χ2v) is 5.62. The van der Waals surface area contributed by atoms with Crippen LogP contribution in [0.2, 0.25) is 0 Å². The lowest BCUT2D eigenvalue weighted by molar-refractivity contribution is 0.940. The van der Waals surface area contributed by atoms with Crippen molar-refractivity contribution in [1.29, 1.82) is 0 Å². The number of hydrogen-bond donors (Lipinski definition) is 0. The minimum Gasteiger partial charge on any atom is -0.350 e. The summed E-state index contributed by atoms with van der Waals surface area (Å²) in [5.41, 5.74) is 4.88. The van der Waals surface area contributed by atoms with Crippen molar-refractivity contribution in [2.45, 2.75) is 21.3 Å². The van der Waals surface area contributed by atoms with Crippen LogP contribution in [0, 0.1) is 13.8 Å². The lowest BCUT2D eigenvalue weighted by Gasteiger charge is -1.92. The molecule has 0 saturated carbocycles. The molecule has 0 amide bonds. The van der Waals surface area contributed by atoms with Gasteiger partial charge in [0.15, 0.2) is 0 Å². The summed E-state index contributed by atoms with van der Waals surface area (Å²) in [6.07, 6.45) is 7.63. The first-order valence-corrected chi connectivity index (χ1v) is 7.30. The summed E-state index contributed by atoms with van der Waals surface area (Å²) in [5, 5.41) is 2.49. The van der Waals surface area contributed by atoms with Crippen LogP contribution in [0.4, 0.5) is 0 Å². The van der Waals surface area contributed by atoms with Gasteiger partial charge in [0.25, 0.3) is 0 Å². The molecule has 4 nitrogen and oxygen atoms in total. The van der Waals surface area contributed by atoms with Crippen molar-refractivity contribution < 1.29 is 0 Å². The van der Waals surface area contributed by atoms with E-state index in [4.69, 9.17) is 0 Å². The molecular formula is C19H24N4. The molecule has 1 aromatic carbocycles. The molecule has 0 bridgehead atoms. The van der Waals surface area contributed by atoms with Gasteiger partial charge in [-0.3, -0.25) is 0 Å². The van der Waals surface area contributed by atoms with Crippen LogP contribution in [0.1, 0.15) is 18.6 Å². The number of fused-ring (bicyclic) bond motifs is 2. The number of aryl methyl sites for hydroxylation is 4. The Morgan fingerprint density at radius 2 is 1.52 bits per heavy atom. The first-order chi connectivity index (χ1) is 10.6. The molecule has 0 fully saturated rings. The Morgan fingerprint density at radius 1 is 0.870 bits per heavy atom. The van der Waals surface area contributed by atoms with Crippen molar-refractivity contribution in [1.82, 2.24) is 19.1 Å². The maximum Gasteiger partial charge on any atom is 0.143 e. The Bertz CT molecular complexity index is 781. The predicted octanol–water partition coefficient (Wildman–Crippen LogP) is 4.40. The average molecular weight is 308 g/mol. The second kappa shape index (κ2) is 6.65. The van der Waals surface area contributed by atoms with Crippen molar-refractivity contribution >= 4 is 21.9 Å². The van der Waals surface area contributed by atoms with Gasteiger partial charge in [0.05, 0.1) is 0 Å². The summed E-state index contributed by atoms with van der Waals surface area (Å²) >= 11 is 0. The highest BCUT2D eigenvalue weighted by atomic mass is 15.0. The monoisotopic (exact) mass is 308 g/mol. The smallest absolute Gasteiger partial charge is 0.143 e. The average Bonchev–Trinajstić information content (AvgIpc) is 2.99.